The van der Waals surface area contributed by atoms with Gasteiger partial charge >= 0.3 is 6.01 Å². The molecule has 1 atom stereocenters. The number of nitrogens with one attached hydrogen (secondary N) is 1. The second kappa shape index (κ2) is 11.3. The van der Waals surface area contributed by atoms with E-state index in [0.717, 1.165) is 17.4 Å². The second-order valence-electron chi connectivity index (χ2n) is 11.4. The second-order valence-corrected chi connectivity index (χ2v) is 15.3. The van der Waals surface area contributed by atoms with Crippen molar-refractivity contribution in [1.29, 1.82) is 0 Å². The highest BCUT2D eigenvalue weighted by molar-refractivity contribution is 7.90. The molecule has 1 N–H and O–H groups in total. The first-order valence-corrected chi connectivity index (χ1v) is 15.6. The van der Waals surface area contributed by atoms with Crippen molar-refractivity contribution >= 4 is 42.6 Å². The van der Waals surface area contributed by atoms with Gasteiger partial charge in [-0.05, 0) is 78.4 Å². The number of hydrogen-bond donors (Lipinski definition) is 1. The first kappa shape index (κ1) is 29.6. The molecule has 3 aromatic carbocycles. The number of fused-ring (bicyclic) bond motifs is 1. The van der Waals surface area contributed by atoms with Crippen LogP contribution in [-0.2, 0) is 31.1 Å². The zero-order valence-electron chi connectivity index (χ0n) is 23.4. The van der Waals surface area contributed by atoms with Gasteiger partial charge < -0.3 is 8.84 Å². The predicted octanol–water partition coefficient (Wildman–Crippen LogP) is 6.42. The predicted molar refractivity (Wildman–Crippen MR) is 155 cm³/mol. The summed E-state index contributed by atoms with van der Waals surface area (Å²) in [4.78, 5) is 18.1. The highest BCUT2D eigenvalue weighted by Crippen LogP contribution is 2.32. The van der Waals surface area contributed by atoms with Gasteiger partial charge in [0.2, 0.25) is 15.7 Å². The van der Waals surface area contributed by atoms with Gasteiger partial charge in [0.15, 0.2) is 15.4 Å². The van der Waals surface area contributed by atoms with E-state index < -0.39 is 27.3 Å². The van der Waals surface area contributed by atoms with Crippen LogP contribution in [0.1, 0.15) is 57.2 Å². The molecule has 1 heterocycles. The van der Waals surface area contributed by atoms with Crippen molar-refractivity contribution in [2.45, 2.75) is 62.5 Å². The molecule has 0 aliphatic rings. The molecule has 7 nitrogen and oxygen atoms in total. The molecule has 10 heteroatoms. The average molecular weight is 581 g/mol. The van der Waals surface area contributed by atoms with Crippen molar-refractivity contribution in [3.8, 4) is 0 Å². The Morgan fingerprint density at radius 1 is 1.02 bits per heavy atom. The zero-order valence-corrected chi connectivity index (χ0v) is 25.2. The number of carbonyl (C=O) groups excluding carboxylic acids is 1. The van der Waals surface area contributed by atoms with E-state index in [4.69, 9.17) is 8.84 Å². The number of benzene rings is 3. The van der Waals surface area contributed by atoms with Crippen LogP contribution in [0.2, 0.25) is 5.04 Å². The lowest BCUT2D eigenvalue weighted by molar-refractivity contribution is -0.117. The lowest BCUT2D eigenvalue weighted by Crippen LogP contribution is -2.27. The normalized spacial score (nSPS) is 13.4. The summed E-state index contributed by atoms with van der Waals surface area (Å²) in [5.74, 6) is -1.48. The molecule has 1 aromatic heterocycles. The minimum absolute atomic E-state index is 0.0423. The van der Waals surface area contributed by atoms with Crippen LogP contribution < -0.4 is 5.32 Å². The van der Waals surface area contributed by atoms with E-state index in [1.54, 1.807) is 24.3 Å². The number of aromatic nitrogens is 1. The van der Waals surface area contributed by atoms with Gasteiger partial charge in [0.05, 0.1) is 16.4 Å². The topological polar surface area (TPSA) is 98.5 Å². The summed E-state index contributed by atoms with van der Waals surface area (Å²) in [5, 5.41) is 2.81. The first-order valence-electron chi connectivity index (χ1n) is 12.8. The molecular formula is C30H33FN2O5SSi. The van der Waals surface area contributed by atoms with E-state index in [1.807, 2.05) is 32.0 Å². The highest BCUT2D eigenvalue weighted by atomic mass is 32.2. The van der Waals surface area contributed by atoms with Gasteiger partial charge in [-0.2, -0.15) is 4.98 Å². The molecule has 2 radical (unpaired) electrons. The van der Waals surface area contributed by atoms with Crippen molar-refractivity contribution < 1.29 is 26.4 Å². The molecule has 40 heavy (non-hydrogen) atoms. The fraction of sp³-hybridized carbons (Fsp3) is 0.333. The fourth-order valence-corrected chi connectivity index (χ4v) is 5.36. The van der Waals surface area contributed by atoms with Crippen LogP contribution in [-0.4, -0.2) is 35.3 Å². The lowest BCUT2D eigenvalue weighted by atomic mass is 9.91. The molecule has 0 bridgehead atoms. The number of hydrogen-bond acceptors (Lipinski definition) is 6. The van der Waals surface area contributed by atoms with Crippen LogP contribution in [0.25, 0.3) is 11.1 Å². The monoisotopic (exact) mass is 580 g/mol. The van der Waals surface area contributed by atoms with E-state index in [2.05, 4.69) is 31.1 Å². The van der Waals surface area contributed by atoms with Crippen LogP contribution >= 0.6 is 0 Å². The molecule has 0 spiro atoms. The van der Waals surface area contributed by atoms with Crippen molar-refractivity contribution in [3.63, 3.8) is 0 Å². The Balaban J connectivity index is 1.59. The minimum atomic E-state index is -3.39. The Bertz CT molecular complexity index is 1610. The van der Waals surface area contributed by atoms with Gasteiger partial charge in [0.25, 0.3) is 0 Å². The Labute approximate surface area is 237 Å². The summed E-state index contributed by atoms with van der Waals surface area (Å²) in [7, 11) is -3.09. The minimum Gasteiger partial charge on any atom is -0.423 e. The maximum absolute atomic E-state index is 13.5. The van der Waals surface area contributed by atoms with Gasteiger partial charge in [-0.3, -0.25) is 10.1 Å². The summed E-state index contributed by atoms with van der Waals surface area (Å²) >= 11 is 0. The van der Waals surface area contributed by atoms with Crippen LogP contribution in [0.15, 0.2) is 76.0 Å². The summed E-state index contributed by atoms with van der Waals surface area (Å²) in [6.07, 6.45) is 1.39. The zero-order chi connectivity index (χ0) is 29.3. The number of nitrogens with zero attached hydrogens (tertiary/aromatic N) is 1. The van der Waals surface area contributed by atoms with Crippen LogP contribution in [0.4, 0.5) is 10.4 Å². The van der Waals surface area contributed by atoms with Crippen LogP contribution in [0.3, 0.4) is 0 Å². The van der Waals surface area contributed by atoms with Gasteiger partial charge in [-0.15, -0.1) is 0 Å². The standard InChI is InChI=1S/C30H33FN2O5SSi/c1-29(2,3)40-38-30(4,5)21-11-16-25-26(18-21)37-28(32-25)33-27(34)24(17-19-7-12-22(31)13-8-19)20-9-14-23(15-10-20)39(6,35)36/h7-16,18,24H,17H2,1-6H3,(H,32,33,34). The fourth-order valence-electron chi connectivity index (χ4n) is 4.05. The Kier molecular flexibility index (Phi) is 8.35. The SMILES string of the molecule is CC(C)(C)[Si]OC(C)(C)c1ccc2nc(NC(=O)C(Cc3ccc(F)cc3)c3ccc(S(C)(=O)=O)cc3)oc2c1. The molecule has 4 aromatic rings. The molecule has 0 aliphatic carbocycles. The van der Waals surface area contributed by atoms with Gasteiger partial charge in [0.1, 0.15) is 11.3 Å². The van der Waals surface area contributed by atoms with Crippen LogP contribution in [0.5, 0.6) is 0 Å². The van der Waals surface area contributed by atoms with Crippen LogP contribution in [0, 0.1) is 5.82 Å². The van der Waals surface area contributed by atoms with E-state index in [0.29, 0.717) is 26.4 Å². The molecule has 210 valence electrons. The summed E-state index contributed by atoms with van der Waals surface area (Å²) in [6.45, 7) is 10.4. The molecule has 0 saturated carbocycles. The van der Waals surface area contributed by atoms with Crippen molar-refractivity contribution in [3.05, 3.63) is 89.2 Å². The number of oxazole rings is 1. The summed E-state index contributed by atoms with van der Waals surface area (Å²) < 4.78 is 49.4. The van der Waals surface area contributed by atoms with Crippen molar-refractivity contribution in [1.82, 2.24) is 4.98 Å². The number of rotatable bonds is 9. The molecule has 0 aliphatic heterocycles. The van der Waals surface area contributed by atoms with Crippen molar-refractivity contribution in [2.75, 3.05) is 11.6 Å². The van der Waals surface area contributed by atoms with E-state index in [-0.39, 0.29) is 28.2 Å². The van der Waals surface area contributed by atoms with E-state index >= 15 is 0 Å². The Morgan fingerprint density at radius 3 is 2.27 bits per heavy atom. The number of anilines is 1. The van der Waals surface area contributed by atoms with Gasteiger partial charge in [-0.1, -0.05) is 51.1 Å². The van der Waals surface area contributed by atoms with E-state index in [9.17, 15) is 17.6 Å². The molecule has 1 amide bonds. The maximum Gasteiger partial charge on any atom is 0.302 e. The third kappa shape index (κ3) is 7.44. The largest absolute Gasteiger partial charge is 0.423 e. The smallest absolute Gasteiger partial charge is 0.302 e. The van der Waals surface area contributed by atoms with E-state index in [1.165, 1.54) is 24.3 Å². The first-order chi connectivity index (χ1) is 18.6. The average Bonchev–Trinajstić information content (AvgIpc) is 3.28. The number of carbonyl (C=O) groups is 1. The Morgan fingerprint density at radius 2 is 1.68 bits per heavy atom. The number of halogens is 1. The van der Waals surface area contributed by atoms with Crippen molar-refractivity contribution in [2.24, 2.45) is 0 Å². The Hall–Kier alpha value is -3.34. The lowest BCUT2D eigenvalue weighted by Gasteiger charge is -2.29. The molecular weight excluding hydrogens is 547 g/mol. The summed E-state index contributed by atoms with van der Waals surface area (Å²) in [6, 6.07) is 17.8. The number of amides is 1. The van der Waals surface area contributed by atoms with Gasteiger partial charge in [-0.25, -0.2) is 12.8 Å². The third-order valence-corrected chi connectivity index (χ3v) is 8.66. The molecule has 0 saturated heterocycles. The molecule has 0 fully saturated rings. The van der Waals surface area contributed by atoms with Gasteiger partial charge in [0, 0.05) is 6.26 Å². The molecule has 1 unspecified atom stereocenters. The third-order valence-electron chi connectivity index (χ3n) is 6.31. The quantitative estimate of drug-likeness (QED) is 0.229. The summed E-state index contributed by atoms with van der Waals surface area (Å²) in [5.41, 5.74) is 2.82. The highest BCUT2D eigenvalue weighted by Gasteiger charge is 2.27. The number of sulfone groups is 1. The molecule has 4 rings (SSSR count). The maximum atomic E-state index is 13.5.